The zero-order valence-corrected chi connectivity index (χ0v) is 15.1. The first-order valence-corrected chi connectivity index (χ1v) is 8.90. The number of fused-ring (bicyclic) bond motifs is 1. The Morgan fingerprint density at radius 2 is 2.19 bits per heavy atom. The van der Waals surface area contributed by atoms with Crippen molar-refractivity contribution in [2.24, 2.45) is 7.05 Å². The molecule has 136 valence electrons. The van der Waals surface area contributed by atoms with E-state index in [-0.39, 0.29) is 11.8 Å². The number of ether oxygens (including phenoxy) is 1. The Morgan fingerprint density at radius 3 is 2.96 bits per heavy atom. The molecule has 1 spiro atoms. The summed E-state index contributed by atoms with van der Waals surface area (Å²) in [5.74, 6) is 0.215. The van der Waals surface area contributed by atoms with E-state index in [9.17, 15) is 9.59 Å². The van der Waals surface area contributed by atoms with Gasteiger partial charge in [0.15, 0.2) is 0 Å². The predicted octanol–water partition coefficient (Wildman–Crippen LogP) is 1.87. The van der Waals surface area contributed by atoms with Crippen LogP contribution in [0.3, 0.4) is 0 Å². The molecule has 1 aromatic carbocycles. The van der Waals surface area contributed by atoms with E-state index in [0.717, 1.165) is 12.8 Å². The van der Waals surface area contributed by atoms with Crippen molar-refractivity contribution in [2.45, 2.75) is 18.4 Å². The number of rotatable bonds is 1. The quantitative estimate of drug-likeness (QED) is 0.826. The van der Waals surface area contributed by atoms with Crippen molar-refractivity contribution in [3.05, 3.63) is 46.7 Å². The number of benzene rings is 1. The van der Waals surface area contributed by atoms with Crippen LogP contribution >= 0.6 is 11.6 Å². The number of nitrogens with zero attached hydrogens (tertiary/aromatic N) is 3. The fourth-order valence-corrected chi connectivity index (χ4v) is 3.90. The molecule has 0 bridgehead atoms. The summed E-state index contributed by atoms with van der Waals surface area (Å²) in [5, 5.41) is 7.30. The van der Waals surface area contributed by atoms with Crippen molar-refractivity contribution in [1.29, 1.82) is 0 Å². The Labute approximate surface area is 155 Å². The van der Waals surface area contributed by atoms with E-state index in [2.05, 4.69) is 10.4 Å². The van der Waals surface area contributed by atoms with Crippen molar-refractivity contribution < 1.29 is 14.3 Å². The van der Waals surface area contributed by atoms with Crippen LogP contribution in [-0.2, 0) is 7.05 Å². The van der Waals surface area contributed by atoms with Gasteiger partial charge in [-0.3, -0.25) is 14.3 Å². The number of hydrogen-bond acceptors (Lipinski definition) is 4. The smallest absolute Gasteiger partial charge is 0.273 e. The third-order valence-corrected chi connectivity index (χ3v) is 5.23. The molecule has 4 rings (SSSR count). The van der Waals surface area contributed by atoms with Gasteiger partial charge in [0.1, 0.15) is 17.0 Å². The van der Waals surface area contributed by atoms with Crippen LogP contribution in [0.1, 0.15) is 33.7 Å². The van der Waals surface area contributed by atoms with Crippen LogP contribution in [0.4, 0.5) is 0 Å². The van der Waals surface area contributed by atoms with Gasteiger partial charge in [0, 0.05) is 13.6 Å². The fraction of sp³-hybridized carbons (Fsp3) is 0.389. The van der Waals surface area contributed by atoms with Crippen LogP contribution in [0.25, 0.3) is 0 Å². The molecule has 1 atom stereocenters. The summed E-state index contributed by atoms with van der Waals surface area (Å²) in [4.78, 5) is 27.0. The molecule has 2 aliphatic heterocycles. The Kier molecular flexibility index (Phi) is 4.11. The number of carbonyl (C=O) groups is 2. The second-order valence-electron chi connectivity index (χ2n) is 6.76. The van der Waals surface area contributed by atoms with Gasteiger partial charge in [-0.2, -0.15) is 5.10 Å². The van der Waals surface area contributed by atoms with Gasteiger partial charge in [-0.05, 0) is 25.0 Å². The number of para-hydroxylation sites is 1. The summed E-state index contributed by atoms with van der Waals surface area (Å²) in [7, 11) is 1.69. The molecule has 1 aromatic heterocycles. The van der Waals surface area contributed by atoms with Gasteiger partial charge >= 0.3 is 0 Å². The molecule has 0 radical (unpaired) electrons. The molecule has 7 nitrogen and oxygen atoms in total. The summed E-state index contributed by atoms with van der Waals surface area (Å²) < 4.78 is 7.76. The van der Waals surface area contributed by atoms with Gasteiger partial charge in [-0.15, -0.1) is 0 Å². The average Bonchev–Trinajstić information content (AvgIpc) is 2.91. The zero-order valence-electron chi connectivity index (χ0n) is 14.4. The van der Waals surface area contributed by atoms with Crippen LogP contribution in [0, 0.1) is 0 Å². The van der Waals surface area contributed by atoms with E-state index in [4.69, 9.17) is 16.3 Å². The molecule has 8 heteroatoms. The first-order valence-electron chi connectivity index (χ1n) is 8.52. The Hall–Kier alpha value is -2.54. The molecule has 1 unspecified atom stereocenters. The molecular formula is C18H19ClN4O3. The minimum atomic E-state index is -0.652. The molecule has 0 aliphatic carbocycles. The lowest BCUT2D eigenvalue weighted by molar-refractivity contribution is -0.00127. The topological polar surface area (TPSA) is 76.5 Å². The second-order valence-corrected chi connectivity index (χ2v) is 7.17. The zero-order chi connectivity index (χ0) is 18.3. The monoisotopic (exact) mass is 374 g/mol. The molecule has 2 aliphatic rings. The number of aryl methyl sites for hydroxylation is 1. The van der Waals surface area contributed by atoms with Crippen molar-refractivity contribution in [1.82, 2.24) is 20.0 Å². The van der Waals surface area contributed by atoms with E-state index in [1.165, 1.54) is 10.9 Å². The molecule has 3 heterocycles. The predicted molar refractivity (Wildman–Crippen MR) is 95.5 cm³/mol. The summed E-state index contributed by atoms with van der Waals surface area (Å²) in [6.45, 7) is 1.34. The van der Waals surface area contributed by atoms with Gasteiger partial charge < -0.3 is 15.0 Å². The third-order valence-electron chi connectivity index (χ3n) is 4.95. The average molecular weight is 375 g/mol. The fourth-order valence-electron chi connectivity index (χ4n) is 3.65. The van der Waals surface area contributed by atoms with Gasteiger partial charge in [-0.25, -0.2) is 0 Å². The number of nitrogens with one attached hydrogen (secondary N) is 1. The normalized spacial score (nSPS) is 22.4. The van der Waals surface area contributed by atoms with Gasteiger partial charge in [0.2, 0.25) is 0 Å². The standard InChI is InChI=1S/C18H19ClN4O3/c1-22-15(13(19)9-21-22)17(25)23-8-4-7-18(11-23)10-20-16(24)12-5-2-3-6-14(12)26-18/h2-3,5-6,9H,4,7-8,10-11H2,1H3,(H,20,24). The third kappa shape index (κ3) is 2.82. The summed E-state index contributed by atoms with van der Waals surface area (Å²) in [6.07, 6.45) is 3.00. The first-order chi connectivity index (χ1) is 12.5. The summed E-state index contributed by atoms with van der Waals surface area (Å²) >= 11 is 6.13. The molecule has 26 heavy (non-hydrogen) atoms. The van der Waals surface area contributed by atoms with Gasteiger partial charge in [-0.1, -0.05) is 23.7 Å². The van der Waals surface area contributed by atoms with Crippen LogP contribution in [0.15, 0.2) is 30.5 Å². The molecular weight excluding hydrogens is 356 g/mol. The molecule has 2 aromatic rings. The lowest BCUT2D eigenvalue weighted by atomic mass is 9.92. The summed E-state index contributed by atoms with van der Waals surface area (Å²) in [5.41, 5.74) is 0.227. The van der Waals surface area contributed by atoms with Crippen molar-refractivity contribution in [2.75, 3.05) is 19.6 Å². The van der Waals surface area contributed by atoms with Crippen molar-refractivity contribution >= 4 is 23.4 Å². The number of piperidine rings is 1. The number of amides is 2. The Balaban J connectivity index is 1.62. The highest BCUT2D eigenvalue weighted by molar-refractivity contribution is 6.33. The van der Waals surface area contributed by atoms with Gasteiger partial charge in [0.25, 0.3) is 11.8 Å². The first kappa shape index (κ1) is 16.9. The molecule has 1 saturated heterocycles. The largest absolute Gasteiger partial charge is 0.483 e. The number of likely N-dealkylation sites (tertiary alicyclic amines) is 1. The van der Waals surface area contributed by atoms with Crippen LogP contribution < -0.4 is 10.1 Å². The van der Waals surface area contributed by atoms with E-state index in [1.54, 1.807) is 30.1 Å². The maximum absolute atomic E-state index is 13.0. The minimum Gasteiger partial charge on any atom is -0.483 e. The lowest BCUT2D eigenvalue weighted by Crippen LogP contribution is -2.58. The number of aromatic nitrogens is 2. The number of carbonyl (C=O) groups excluding carboxylic acids is 2. The van der Waals surface area contributed by atoms with Crippen LogP contribution in [0.2, 0.25) is 5.02 Å². The maximum atomic E-state index is 13.0. The molecule has 2 amide bonds. The van der Waals surface area contributed by atoms with E-state index in [0.29, 0.717) is 41.7 Å². The Bertz CT molecular complexity index is 862. The summed E-state index contributed by atoms with van der Waals surface area (Å²) in [6, 6.07) is 7.18. The SMILES string of the molecule is Cn1ncc(Cl)c1C(=O)N1CCCC2(CNC(=O)c3ccccc3O2)C1. The van der Waals surface area contributed by atoms with E-state index in [1.807, 2.05) is 6.07 Å². The Morgan fingerprint density at radius 1 is 1.38 bits per heavy atom. The van der Waals surface area contributed by atoms with Gasteiger partial charge in [0.05, 0.1) is 29.9 Å². The highest BCUT2D eigenvalue weighted by Crippen LogP contribution is 2.32. The van der Waals surface area contributed by atoms with E-state index < -0.39 is 5.60 Å². The van der Waals surface area contributed by atoms with Crippen LogP contribution in [0.5, 0.6) is 5.75 Å². The highest BCUT2D eigenvalue weighted by Gasteiger charge is 2.42. The lowest BCUT2D eigenvalue weighted by Gasteiger charge is -2.42. The highest BCUT2D eigenvalue weighted by atomic mass is 35.5. The van der Waals surface area contributed by atoms with Crippen LogP contribution in [-0.4, -0.2) is 51.7 Å². The minimum absolute atomic E-state index is 0.157. The van der Waals surface area contributed by atoms with Crippen molar-refractivity contribution in [3.8, 4) is 5.75 Å². The molecule has 0 saturated carbocycles. The maximum Gasteiger partial charge on any atom is 0.273 e. The van der Waals surface area contributed by atoms with Crippen molar-refractivity contribution in [3.63, 3.8) is 0 Å². The molecule has 1 N–H and O–H groups in total. The second kappa shape index (κ2) is 6.32. The molecule has 1 fully saturated rings. The van der Waals surface area contributed by atoms with E-state index >= 15 is 0 Å². The number of hydrogen-bond donors (Lipinski definition) is 1. The number of halogens is 1.